The number of carbonyl (C=O) groups excluding carboxylic acids is 2. The number of benzene rings is 1. The van der Waals surface area contributed by atoms with Gasteiger partial charge in [0.2, 0.25) is 0 Å². The highest BCUT2D eigenvalue weighted by molar-refractivity contribution is 6.36. The number of nitrogens with zero attached hydrogens (tertiary/aromatic N) is 1. The van der Waals surface area contributed by atoms with Crippen LogP contribution < -0.4 is 0 Å². The van der Waals surface area contributed by atoms with Gasteiger partial charge in [-0.25, -0.2) is 0 Å². The number of Topliss-reactive ketones (excluding diaryl/α,β-unsaturated/α-hetero) is 2. The molecule has 0 radical (unpaired) electrons. The fraction of sp³-hybridized carbons (Fsp3) is 0.267. The zero-order chi connectivity index (χ0) is 13.4. The zero-order valence-corrected chi connectivity index (χ0v) is 11.0. The van der Waals surface area contributed by atoms with E-state index in [0.717, 1.165) is 5.39 Å². The van der Waals surface area contributed by atoms with Crippen LogP contribution in [-0.2, 0) is 4.79 Å². The molecule has 0 bridgehead atoms. The molecule has 19 heavy (non-hydrogen) atoms. The molecule has 1 atom stereocenters. The van der Waals surface area contributed by atoms with Crippen LogP contribution >= 0.6 is 11.6 Å². The Morgan fingerprint density at radius 1 is 1.32 bits per heavy atom. The van der Waals surface area contributed by atoms with Crippen molar-refractivity contribution in [1.82, 2.24) is 4.98 Å². The van der Waals surface area contributed by atoms with E-state index < -0.39 is 0 Å². The molecule has 96 valence electrons. The molecule has 0 aliphatic heterocycles. The standard InChI is InChI=1S/C15H12ClNO2/c16-13-6-5-12(14-11(13)2-1-7-17-14)15(19)9-3-4-10(18)8-9/h1-2,5-7,9H,3-4,8H2. The average Bonchev–Trinajstić information content (AvgIpc) is 2.86. The van der Waals surface area contributed by atoms with Crippen molar-refractivity contribution in [3.63, 3.8) is 0 Å². The summed E-state index contributed by atoms with van der Waals surface area (Å²) in [5, 5.41) is 1.36. The van der Waals surface area contributed by atoms with Crippen LogP contribution in [0.2, 0.25) is 5.02 Å². The lowest BCUT2D eigenvalue weighted by molar-refractivity contribution is -0.117. The lowest BCUT2D eigenvalue weighted by Gasteiger charge is -2.10. The van der Waals surface area contributed by atoms with Crippen molar-refractivity contribution in [2.75, 3.05) is 0 Å². The van der Waals surface area contributed by atoms with Crippen molar-refractivity contribution in [1.29, 1.82) is 0 Å². The molecule has 1 aliphatic carbocycles. The van der Waals surface area contributed by atoms with Gasteiger partial charge in [-0.2, -0.15) is 0 Å². The van der Waals surface area contributed by atoms with Gasteiger partial charge in [0, 0.05) is 35.9 Å². The minimum absolute atomic E-state index is 0.00576. The molecule has 3 nitrogen and oxygen atoms in total. The van der Waals surface area contributed by atoms with Crippen LogP contribution in [0.5, 0.6) is 0 Å². The summed E-state index contributed by atoms with van der Waals surface area (Å²) in [6.07, 6.45) is 3.16. The van der Waals surface area contributed by atoms with E-state index in [4.69, 9.17) is 11.6 Å². The van der Waals surface area contributed by atoms with E-state index in [2.05, 4.69) is 4.98 Å². The average molecular weight is 274 g/mol. The third-order valence-electron chi connectivity index (χ3n) is 3.60. The number of halogens is 1. The molecule has 0 amide bonds. The second kappa shape index (κ2) is 4.74. The molecule has 0 spiro atoms. The Morgan fingerprint density at radius 3 is 2.89 bits per heavy atom. The van der Waals surface area contributed by atoms with E-state index in [9.17, 15) is 9.59 Å². The SMILES string of the molecule is O=C1CCC(C(=O)c2ccc(Cl)c3cccnc23)C1. The van der Waals surface area contributed by atoms with Gasteiger partial charge in [-0.05, 0) is 30.7 Å². The van der Waals surface area contributed by atoms with Gasteiger partial charge in [-0.15, -0.1) is 0 Å². The van der Waals surface area contributed by atoms with Crippen LogP contribution in [0, 0.1) is 5.92 Å². The second-order valence-corrected chi connectivity index (χ2v) is 5.24. The summed E-state index contributed by atoms with van der Waals surface area (Å²) in [6, 6.07) is 7.07. The Morgan fingerprint density at radius 2 is 2.16 bits per heavy atom. The summed E-state index contributed by atoms with van der Waals surface area (Å²) in [5.74, 6) is -0.0188. The highest BCUT2D eigenvalue weighted by atomic mass is 35.5. The minimum atomic E-state index is -0.195. The van der Waals surface area contributed by atoms with Gasteiger partial charge < -0.3 is 0 Å². The van der Waals surface area contributed by atoms with Gasteiger partial charge in [0.25, 0.3) is 0 Å². The minimum Gasteiger partial charge on any atom is -0.300 e. The van der Waals surface area contributed by atoms with Crippen molar-refractivity contribution in [2.24, 2.45) is 5.92 Å². The number of pyridine rings is 1. The second-order valence-electron chi connectivity index (χ2n) is 4.84. The van der Waals surface area contributed by atoms with Crippen LogP contribution in [0.4, 0.5) is 0 Å². The first-order valence-electron chi connectivity index (χ1n) is 6.26. The number of aromatic nitrogens is 1. The number of carbonyl (C=O) groups is 2. The summed E-state index contributed by atoms with van der Waals surface area (Å²) in [6.45, 7) is 0. The summed E-state index contributed by atoms with van der Waals surface area (Å²) >= 11 is 6.11. The molecule has 2 aromatic rings. The predicted molar refractivity (Wildman–Crippen MR) is 73.4 cm³/mol. The van der Waals surface area contributed by atoms with Crippen LogP contribution in [0.1, 0.15) is 29.6 Å². The normalized spacial score (nSPS) is 19.0. The Bertz CT molecular complexity index is 681. The van der Waals surface area contributed by atoms with Crippen molar-refractivity contribution in [2.45, 2.75) is 19.3 Å². The molecule has 4 heteroatoms. The van der Waals surface area contributed by atoms with Crippen LogP contribution in [-0.4, -0.2) is 16.6 Å². The maximum Gasteiger partial charge on any atom is 0.168 e. The Balaban J connectivity index is 2.08. The number of fused-ring (bicyclic) bond motifs is 1. The molecule has 1 aromatic carbocycles. The predicted octanol–water partition coefficient (Wildman–Crippen LogP) is 3.44. The monoisotopic (exact) mass is 273 g/mol. The van der Waals surface area contributed by atoms with Gasteiger partial charge in [0.05, 0.1) is 10.5 Å². The van der Waals surface area contributed by atoms with Crippen molar-refractivity contribution in [3.8, 4) is 0 Å². The van der Waals surface area contributed by atoms with Crippen molar-refractivity contribution >= 4 is 34.1 Å². The molecule has 3 rings (SSSR count). The summed E-state index contributed by atoms with van der Waals surface area (Å²) < 4.78 is 0. The van der Waals surface area contributed by atoms with Gasteiger partial charge in [0.1, 0.15) is 5.78 Å². The Hall–Kier alpha value is -1.74. The van der Waals surface area contributed by atoms with Gasteiger partial charge in [0.15, 0.2) is 5.78 Å². The summed E-state index contributed by atoms with van der Waals surface area (Å²) in [7, 11) is 0. The van der Waals surface area contributed by atoms with Gasteiger partial charge >= 0.3 is 0 Å². The maximum absolute atomic E-state index is 12.5. The zero-order valence-electron chi connectivity index (χ0n) is 10.2. The van der Waals surface area contributed by atoms with Crippen LogP contribution in [0.15, 0.2) is 30.5 Å². The first-order chi connectivity index (χ1) is 9.16. The highest BCUT2D eigenvalue weighted by Gasteiger charge is 2.30. The third kappa shape index (κ3) is 2.15. The van der Waals surface area contributed by atoms with Crippen LogP contribution in [0.3, 0.4) is 0 Å². The molecular formula is C15H12ClNO2. The van der Waals surface area contributed by atoms with E-state index in [0.29, 0.717) is 35.4 Å². The molecule has 1 aromatic heterocycles. The van der Waals surface area contributed by atoms with Crippen molar-refractivity contribution < 1.29 is 9.59 Å². The van der Waals surface area contributed by atoms with E-state index >= 15 is 0 Å². The molecule has 1 saturated carbocycles. The lowest BCUT2D eigenvalue weighted by atomic mass is 9.94. The molecule has 0 saturated heterocycles. The maximum atomic E-state index is 12.5. The summed E-state index contributed by atoms with van der Waals surface area (Å²) in [5.41, 5.74) is 1.19. The first-order valence-corrected chi connectivity index (χ1v) is 6.64. The fourth-order valence-corrected chi connectivity index (χ4v) is 2.81. The molecule has 0 N–H and O–H groups in total. The van der Waals surface area contributed by atoms with E-state index in [1.807, 2.05) is 6.07 Å². The summed E-state index contributed by atoms with van der Waals surface area (Å²) in [4.78, 5) is 28.1. The fourth-order valence-electron chi connectivity index (χ4n) is 2.59. The van der Waals surface area contributed by atoms with E-state index in [-0.39, 0.29) is 17.5 Å². The van der Waals surface area contributed by atoms with Crippen molar-refractivity contribution in [3.05, 3.63) is 41.0 Å². The molecule has 1 fully saturated rings. The number of hydrogen-bond donors (Lipinski definition) is 0. The van der Waals surface area contributed by atoms with E-state index in [1.165, 1.54) is 0 Å². The topological polar surface area (TPSA) is 47.0 Å². The first kappa shape index (κ1) is 12.3. The Kier molecular flexibility index (Phi) is 3.07. The largest absolute Gasteiger partial charge is 0.300 e. The molecular weight excluding hydrogens is 262 g/mol. The Labute approximate surface area is 115 Å². The smallest absolute Gasteiger partial charge is 0.168 e. The lowest BCUT2D eigenvalue weighted by Crippen LogP contribution is -2.12. The van der Waals surface area contributed by atoms with Crippen LogP contribution in [0.25, 0.3) is 10.9 Å². The molecule has 1 aliphatic rings. The van der Waals surface area contributed by atoms with Gasteiger partial charge in [-0.3, -0.25) is 14.6 Å². The molecule has 1 unspecified atom stereocenters. The van der Waals surface area contributed by atoms with E-state index in [1.54, 1.807) is 24.4 Å². The third-order valence-corrected chi connectivity index (χ3v) is 3.93. The highest BCUT2D eigenvalue weighted by Crippen LogP contribution is 2.30. The molecule has 1 heterocycles. The van der Waals surface area contributed by atoms with Gasteiger partial charge in [-0.1, -0.05) is 11.6 Å². The quantitative estimate of drug-likeness (QED) is 0.788. The number of ketones is 2. The number of rotatable bonds is 2. The number of hydrogen-bond acceptors (Lipinski definition) is 3.